The minimum Gasteiger partial charge on any atom is -0.465 e. The van der Waals surface area contributed by atoms with Crippen LogP contribution in [-0.4, -0.2) is 67.2 Å². The molecule has 112 valence electrons. The van der Waals surface area contributed by atoms with E-state index in [1.165, 1.54) is 0 Å². The van der Waals surface area contributed by atoms with Gasteiger partial charge in [-0.2, -0.15) is 0 Å². The van der Waals surface area contributed by atoms with Gasteiger partial charge in [-0.25, -0.2) is 0 Å². The highest BCUT2D eigenvalue weighted by Crippen LogP contribution is 2.16. The number of rotatable bonds is 5. The van der Waals surface area contributed by atoms with Gasteiger partial charge in [0.1, 0.15) is 5.54 Å². The quantitative estimate of drug-likeness (QED) is 0.745. The summed E-state index contributed by atoms with van der Waals surface area (Å²) in [6, 6.07) is 0.463. The lowest BCUT2D eigenvalue weighted by Crippen LogP contribution is -2.57. The second-order valence-electron chi connectivity index (χ2n) is 5.79. The van der Waals surface area contributed by atoms with Crippen molar-refractivity contribution in [1.29, 1.82) is 0 Å². The van der Waals surface area contributed by atoms with Crippen molar-refractivity contribution >= 4 is 5.97 Å². The number of carbonyl (C=O) groups excluding carboxylic acids is 1. The number of hydrogen-bond donors (Lipinski definition) is 1. The fraction of sp³-hybridized carbons (Fsp3) is 0.929. The molecular weight excluding hydrogens is 242 g/mol. The van der Waals surface area contributed by atoms with Gasteiger partial charge >= 0.3 is 5.97 Å². The van der Waals surface area contributed by atoms with Gasteiger partial charge in [-0.05, 0) is 46.8 Å². The maximum Gasteiger partial charge on any atom is 0.327 e. The second kappa shape index (κ2) is 7.22. The molecule has 0 aromatic heterocycles. The minimum atomic E-state index is -0.924. The zero-order chi connectivity index (χ0) is 14.5. The minimum absolute atomic E-state index is 0.303. The highest BCUT2D eigenvalue weighted by atomic mass is 16.5. The number of ether oxygens (including phenoxy) is 1. The molecule has 2 atom stereocenters. The van der Waals surface area contributed by atoms with Crippen LogP contribution in [-0.2, 0) is 9.53 Å². The predicted molar refractivity (Wildman–Crippen MR) is 77.0 cm³/mol. The molecule has 0 radical (unpaired) electrons. The molecule has 1 rings (SSSR count). The first-order chi connectivity index (χ1) is 8.90. The van der Waals surface area contributed by atoms with Gasteiger partial charge in [-0.1, -0.05) is 6.92 Å². The smallest absolute Gasteiger partial charge is 0.327 e. The Labute approximate surface area is 117 Å². The Morgan fingerprint density at radius 2 is 2.11 bits per heavy atom. The van der Waals surface area contributed by atoms with Crippen molar-refractivity contribution in [3.05, 3.63) is 0 Å². The molecule has 1 saturated heterocycles. The molecule has 19 heavy (non-hydrogen) atoms. The van der Waals surface area contributed by atoms with Crippen molar-refractivity contribution in [1.82, 2.24) is 9.80 Å². The van der Waals surface area contributed by atoms with Crippen LogP contribution in [0.15, 0.2) is 0 Å². The Balaban J connectivity index is 2.68. The molecule has 0 amide bonds. The molecule has 2 N–H and O–H groups in total. The number of hydrogen-bond acceptors (Lipinski definition) is 5. The van der Waals surface area contributed by atoms with Gasteiger partial charge in [0.05, 0.1) is 6.61 Å². The van der Waals surface area contributed by atoms with Crippen LogP contribution >= 0.6 is 0 Å². The Morgan fingerprint density at radius 1 is 1.42 bits per heavy atom. The van der Waals surface area contributed by atoms with Crippen LogP contribution in [0.5, 0.6) is 0 Å². The number of nitrogens with two attached hydrogens (primary N) is 1. The van der Waals surface area contributed by atoms with Gasteiger partial charge in [-0.3, -0.25) is 9.69 Å². The lowest BCUT2D eigenvalue weighted by molar-refractivity contribution is -0.150. The molecule has 1 aliphatic rings. The number of esters is 1. The molecule has 0 aromatic carbocycles. The highest BCUT2D eigenvalue weighted by molar-refractivity contribution is 5.80. The summed E-state index contributed by atoms with van der Waals surface area (Å²) >= 11 is 0. The third kappa shape index (κ3) is 4.75. The first kappa shape index (κ1) is 16.4. The summed E-state index contributed by atoms with van der Waals surface area (Å²) in [5.41, 5.74) is 5.23. The number of likely N-dealkylation sites (N-methyl/N-ethyl adjacent to an activating group) is 1. The van der Waals surface area contributed by atoms with E-state index in [2.05, 4.69) is 23.8 Å². The molecule has 0 aromatic rings. The molecule has 1 fully saturated rings. The fourth-order valence-corrected chi connectivity index (χ4v) is 2.67. The van der Waals surface area contributed by atoms with E-state index in [0.29, 0.717) is 19.2 Å². The molecule has 1 heterocycles. The van der Waals surface area contributed by atoms with E-state index >= 15 is 0 Å². The summed E-state index contributed by atoms with van der Waals surface area (Å²) in [4.78, 5) is 16.6. The van der Waals surface area contributed by atoms with Gasteiger partial charge in [-0.15, -0.1) is 0 Å². The SMILES string of the molecule is CCOC(=O)C(C)(N)CN1CCCN(C)CC1CC. The normalized spacial score (nSPS) is 25.6. The zero-order valence-electron chi connectivity index (χ0n) is 12.8. The molecule has 0 spiro atoms. The first-order valence-electron chi connectivity index (χ1n) is 7.29. The van der Waals surface area contributed by atoms with Gasteiger partial charge in [0.2, 0.25) is 0 Å². The van der Waals surface area contributed by atoms with E-state index in [1.54, 1.807) is 6.92 Å². The van der Waals surface area contributed by atoms with Crippen LogP contribution in [0.2, 0.25) is 0 Å². The Bertz CT molecular complexity index is 294. The number of nitrogens with zero attached hydrogens (tertiary/aromatic N) is 2. The van der Waals surface area contributed by atoms with Crippen LogP contribution < -0.4 is 5.73 Å². The van der Waals surface area contributed by atoms with Crippen LogP contribution in [0.3, 0.4) is 0 Å². The monoisotopic (exact) mass is 271 g/mol. The fourth-order valence-electron chi connectivity index (χ4n) is 2.67. The summed E-state index contributed by atoms with van der Waals surface area (Å²) in [5.74, 6) is -0.303. The molecule has 0 aliphatic carbocycles. The topological polar surface area (TPSA) is 58.8 Å². The van der Waals surface area contributed by atoms with E-state index in [-0.39, 0.29) is 5.97 Å². The van der Waals surface area contributed by atoms with Crippen LogP contribution in [0.1, 0.15) is 33.6 Å². The van der Waals surface area contributed by atoms with E-state index in [4.69, 9.17) is 10.5 Å². The molecule has 0 bridgehead atoms. The molecule has 5 heteroatoms. The van der Waals surface area contributed by atoms with Gasteiger partial charge in [0, 0.05) is 19.1 Å². The lowest BCUT2D eigenvalue weighted by Gasteiger charge is -2.35. The van der Waals surface area contributed by atoms with Crippen molar-refractivity contribution in [2.45, 2.75) is 45.2 Å². The van der Waals surface area contributed by atoms with Crippen molar-refractivity contribution in [3.8, 4) is 0 Å². The van der Waals surface area contributed by atoms with Crippen molar-refractivity contribution in [2.75, 3.05) is 39.8 Å². The van der Waals surface area contributed by atoms with Crippen molar-refractivity contribution < 1.29 is 9.53 Å². The summed E-state index contributed by atoms with van der Waals surface area (Å²) in [6.45, 7) is 9.85. The van der Waals surface area contributed by atoms with Crippen LogP contribution in [0, 0.1) is 0 Å². The summed E-state index contributed by atoms with van der Waals surface area (Å²) in [7, 11) is 2.15. The molecule has 2 unspecified atom stereocenters. The maximum absolute atomic E-state index is 11.9. The molecular formula is C14H29N3O2. The molecule has 5 nitrogen and oxygen atoms in total. The Kier molecular flexibility index (Phi) is 6.23. The van der Waals surface area contributed by atoms with Gasteiger partial charge < -0.3 is 15.4 Å². The Morgan fingerprint density at radius 3 is 2.68 bits per heavy atom. The summed E-state index contributed by atoms with van der Waals surface area (Å²) in [5, 5.41) is 0. The van der Waals surface area contributed by atoms with E-state index < -0.39 is 5.54 Å². The average molecular weight is 271 g/mol. The third-order valence-electron chi connectivity index (χ3n) is 3.77. The summed E-state index contributed by atoms with van der Waals surface area (Å²) in [6.07, 6.45) is 2.19. The van der Waals surface area contributed by atoms with Crippen LogP contribution in [0.25, 0.3) is 0 Å². The highest BCUT2D eigenvalue weighted by Gasteiger charge is 2.35. The Hall–Kier alpha value is -0.650. The van der Waals surface area contributed by atoms with Crippen molar-refractivity contribution in [3.63, 3.8) is 0 Å². The average Bonchev–Trinajstić information content (AvgIpc) is 2.51. The molecule has 1 aliphatic heterocycles. The maximum atomic E-state index is 11.9. The van der Waals surface area contributed by atoms with E-state index in [1.807, 2.05) is 6.92 Å². The predicted octanol–water partition coefficient (Wildman–Crippen LogP) is 0.683. The number of carbonyl (C=O) groups is 1. The standard InChI is InChI=1S/C14H29N3O2/c1-5-12-10-16(4)8-7-9-17(12)11-14(3,15)13(18)19-6-2/h12H,5-11,15H2,1-4H3. The van der Waals surface area contributed by atoms with E-state index in [0.717, 1.165) is 32.5 Å². The largest absolute Gasteiger partial charge is 0.465 e. The first-order valence-corrected chi connectivity index (χ1v) is 7.29. The van der Waals surface area contributed by atoms with Crippen LogP contribution in [0.4, 0.5) is 0 Å². The zero-order valence-corrected chi connectivity index (χ0v) is 12.8. The van der Waals surface area contributed by atoms with Crippen molar-refractivity contribution in [2.24, 2.45) is 5.73 Å². The summed E-state index contributed by atoms with van der Waals surface area (Å²) < 4.78 is 5.07. The third-order valence-corrected chi connectivity index (χ3v) is 3.77. The molecule has 0 saturated carbocycles. The van der Waals surface area contributed by atoms with Gasteiger partial charge in [0.15, 0.2) is 0 Å². The van der Waals surface area contributed by atoms with Gasteiger partial charge in [0.25, 0.3) is 0 Å². The second-order valence-corrected chi connectivity index (χ2v) is 5.79. The lowest BCUT2D eigenvalue weighted by atomic mass is 10.0. The van der Waals surface area contributed by atoms with E-state index in [9.17, 15) is 4.79 Å².